The van der Waals surface area contributed by atoms with Gasteiger partial charge in [-0.2, -0.15) is 0 Å². The topological polar surface area (TPSA) is 79.3 Å². The van der Waals surface area contributed by atoms with Crippen molar-refractivity contribution in [3.05, 3.63) is 63.7 Å². The number of ketones is 1. The Morgan fingerprint density at radius 3 is 2.50 bits per heavy atom. The third kappa shape index (κ3) is 5.05. The molecule has 182 valence electrons. The van der Waals surface area contributed by atoms with Gasteiger partial charge < -0.3 is 24.4 Å². The molecular formula is C26H31ClN2O5. The zero-order chi connectivity index (χ0) is 25.2. The highest BCUT2D eigenvalue weighted by molar-refractivity contribution is 6.46. The van der Waals surface area contributed by atoms with Gasteiger partial charge in [-0.15, -0.1) is 0 Å². The molecule has 0 bridgehead atoms. The van der Waals surface area contributed by atoms with E-state index < -0.39 is 17.7 Å². The number of para-hydroxylation sites is 1. The molecule has 3 rings (SSSR count). The van der Waals surface area contributed by atoms with Crippen LogP contribution in [0.1, 0.15) is 36.6 Å². The molecule has 1 fully saturated rings. The van der Waals surface area contributed by atoms with Crippen LogP contribution in [0.25, 0.3) is 5.76 Å². The predicted molar refractivity (Wildman–Crippen MR) is 133 cm³/mol. The number of carbonyl (C=O) groups excluding carboxylic acids is 2. The molecule has 1 amide bonds. The number of rotatable bonds is 8. The summed E-state index contributed by atoms with van der Waals surface area (Å²) in [5.41, 5.74) is 1.62. The van der Waals surface area contributed by atoms with E-state index in [1.54, 1.807) is 18.2 Å². The molecule has 1 aliphatic heterocycles. The second-order valence-corrected chi connectivity index (χ2v) is 9.23. The molecule has 1 N–H and O–H groups in total. The number of carbonyl (C=O) groups is 2. The Morgan fingerprint density at radius 1 is 1.21 bits per heavy atom. The smallest absolute Gasteiger partial charge is 0.295 e. The van der Waals surface area contributed by atoms with Gasteiger partial charge in [0, 0.05) is 18.7 Å². The summed E-state index contributed by atoms with van der Waals surface area (Å²) in [6.45, 7) is 6.46. The molecule has 34 heavy (non-hydrogen) atoms. The number of hydrogen-bond donors (Lipinski definition) is 1. The lowest BCUT2D eigenvalue weighted by Gasteiger charge is -2.28. The monoisotopic (exact) mass is 486 g/mol. The minimum Gasteiger partial charge on any atom is -0.507 e. The number of benzene rings is 2. The van der Waals surface area contributed by atoms with Gasteiger partial charge in [-0.25, -0.2) is 0 Å². The maximum atomic E-state index is 13.3. The zero-order valence-corrected chi connectivity index (χ0v) is 21.1. The van der Waals surface area contributed by atoms with Gasteiger partial charge in [0.2, 0.25) is 0 Å². The molecule has 2 aromatic carbocycles. The molecular weight excluding hydrogens is 456 g/mol. The Balaban J connectivity index is 2.29. The lowest BCUT2D eigenvalue weighted by Crippen LogP contribution is -2.35. The number of aliphatic hydroxyl groups excluding tert-OH is 1. The number of nitrogens with zero attached hydrogens (tertiary/aromatic N) is 2. The van der Waals surface area contributed by atoms with Gasteiger partial charge in [0.1, 0.15) is 17.3 Å². The van der Waals surface area contributed by atoms with E-state index in [0.717, 1.165) is 5.56 Å². The largest absolute Gasteiger partial charge is 0.507 e. The number of aliphatic hydroxyl groups is 1. The molecule has 2 aromatic rings. The van der Waals surface area contributed by atoms with Gasteiger partial charge in [0.25, 0.3) is 11.7 Å². The number of likely N-dealkylation sites (N-methyl/N-ethyl adjacent to an activating group) is 1. The highest BCUT2D eigenvalue weighted by atomic mass is 35.5. The number of aryl methyl sites for hydroxylation is 1. The van der Waals surface area contributed by atoms with Crippen LogP contribution in [0.15, 0.2) is 42.0 Å². The molecule has 1 atom stereocenters. The molecule has 1 heterocycles. The summed E-state index contributed by atoms with van der Waals surface area (Å²) in [7, 11) is 5.22. The summed E-state index contributed by atoms with van der Waals surface area (Å²) in [4.78, 5) is 29.9. The standard InChI is InChI=1S/C26H31ClN2O5/c1-15(2)34-20-10-8-7-9-17(20)22-21(24(31)26(32)29(22)12-11-28(4)5)23(30)18-13-16(3)14-19(27)25(18)33-6/h7-10,13-15,22,30H,11-12H2,1-6H3/b23-21+. The van der Waals surface area contributed by atoms with Gasteiger partial charge >= 0.3 is 0 Å². The van der Waals surface area contributed by atoms with Crippen LogP contribution < -0.4 is 9.47 Å². The number of methoxy groups -OCH3 is 1. The first kappa shape index (κ1) is 25.6. The van der Waals surface area contributed by atoms with Crippen LogP contribution in [-0.4, -0.2) is 67.0 Å². The predicted octanol–water partition coefficient (Wildman–Crippen LogP) is 4.43. The maximum absolute atomic E-state index is 13.3. The summed E-state index contributed by atoms with van der Waals surface area (Å²) in [5, 5.41) is 11.8. The minimum atomic E-state index is -0.834. The summed E-state index contributed by atoms with van der Waals surface area (Å²) >= 11 is 6.35. The van der Waals surface area contributed by atoms with Crippen molar-refractivity contribution < 1.29 is 24.2 Å². The number of ether oxygens (including phenoxy) is 2. The van der Waals surface area contributed by atoms with E-state index in [9.17, 15) is 14.7 Å². The van der Waals surface area contributed by atoms with Crippen LogP contribution in [0.4, 0.5) is 0 Å². The van der Waals surface area contributed by atoms with Crippen LogP contribution in [0.2, 0.25) is 5.02 Å². The van der Waals surface area contributed by atoms with Crippen LogP contribution >= 0.6 is 11.6 Å². The van der Waals surface area contributed by atoms with Crippen molar-refractivity contribution in [2.75, 3.05) is 34.3 Å². The molecule has 0 aliphatic carbocycles. The van der Waals surface area contributed by atoms with Crippen molar-refractivity contribution in [2.24, 2.45) is 0 Å². The number of amides is 1. The van der Waals surface area contributed by atoms with E-state index in [1.807, 2.05) is 58.0 Å². The molecule has 7 nitrogen and oxygen atoms in total. The van der Waals surface area contributed by atoms with Crippen molar-refractivity contribution in [2.45, 2.75) is 32.9 Å². The molecule has 1 aliphatic rings. The summed E-state index contributed by atoms with van der Waals surface area (Å²) in [5.74, 6) is -1.00. The van der Waals surface area contributed by atoms with Gasteiger partial charge in [-0.05, 0) is 58.6 Å². The molecule has 1 unspecified atom stereocenters. The molecule has 0 saturated carbocycles. The number of likely N-dealkylation sites (tertiary alicyclic amines) is 1. The normalized spacial score (nSPS) is 17.7. The van der Waals surface area contributed by atoms with Crippen LogP contribution in [0, 0.1) is 6.92 Å². The SMILES string of the molecule is COc1c(Cl)cc(C)cc1/C(O)=C1\C(=O)C(=O)N(CCN(C)C)C1c1ccccc1OC(C)C. The number of hydrogen-bond acceptors (Lipinski definition) is 6. The molecule has 0 aromatic heterocycles. The van der Waals surface area contributed by atoms with Crippen LogP contribution in [0.3, 0.4) is 0 Å². The highest BCUT2D eigenvalue weighted by Gasteiger charge is 2.47. The van der Waals surface area contributed by atoms with Gasteiger partial charge in [-0.3, -0.25) is 9.59 Å². The Labute approximate surface area is 205 Å². The lowest BCUT2D eigenvalue weighted by atomic mass is 9.94. The van der Waals surface area contributed by atoms with Crippen molar-refractivity contribution in [1.82, 2.24) is 9.80 Å². The fraction of sp³-hybridized carbons (Fsp3) is 0.385. The lowest BCUT2D eigenvalue weighted by molar-refractivity contribution is -0.140. The third-order valence-electron chi connectivity index (χ3n) is 5.55. The van der Waals surface area contributed by atoms with E-state index in [1.165, 1.54) is 12.0 Å². The molecule has 8 heteroatoms. The highest BCUT2D eigenvalue weighted by Crippen LogP contribution is 2.44. The first-order valence-corrected chi connectivity index (χ1v) is 11.5. The number of Topliss-reactive ketones (excluding diaryl/α,β-unsaturated/α-hetero) is 1. The summed E-state index contributed by atoms with van der Waals surface area (Å²) < 4.78 is 11.4. The van der Waals surface area contributed by atoms with E-state index in [0.29, 0.717) is 29.4 Å². The van der Waals surface area contributed by atoms with E-state index in [-0.39, 0.29) is 28.7 Å². The fourth-order valence-electron chi connectivity index (χ4n) is 4.07. The van der Waals surface area contributed by atoms with Gasteiger partial charge in [0.05, 0.1) is 35.4 Å². The molecule has 1 saturated heterocycles. The second kappa shape index (κ2) is 10.5. The molecule has 0 spiro atoms. The maximum Gasteiger partial charge on any atom is 0.295 e. The van der Waals surface area contributed by atoms with E-state index in [4.69, 9.17) is 21.1 Å². The van der Waals surface area contributed by atoms with Crippen LogP contribution in [0.5, 0.6) is 11.5 Å². The Bertz CT molecular complexity index is 1130. The summed E-state index contributed by atoms with van der Waals surface area (Å²) in [6, 6.07) is 9.81. The average molecular weight is 487 g/mol. The quantitative estimate of drug-likeness (QED) is 0.338. The first-order valence-electron chi connectivity index (χ1n) is 11.1. The van der Waals surface area contributed by atoms with E-state index in [2.05, 4.69) is 0 Å². The van der Waals surface area contributed by atoms with Crippen molar-refractivity contribution in [3.63, 3.8) is 0 Å². The first-order chi connectivity index (χ1) is 16.1. The second-order valence-electron chi connectivity index (χ2n) is 8.83. The third-order valence-corrected chi connectivity index (χ3v) is 5.83. The minimum absolute atomic E-state index is 0.0245. The van der Waals surface area contributed by atoms with Gasteiger partial charge in [-0.1, -0.05) is 29.8 Å². The fourth-order valence-corrected chi connectivity index (χ4v) is 4.42. The Hall–Kier alpha value is -3.03. The van der Waals surface area contributed by atoms with Crippen molar-refractivity contribution >= 4 is 29.1 Å². The van der Waals surface area contributed by atoms with Gasteiger partial charge in [0.15, 0.2) is 0 Å². The average Bonchev–Trinajstić information content (AvgIpc) is 3.01. The summed E-state index contributed by atoms with van der Waals surface area (Å²) in [6.07, 6.45) is -0.124. The van der Waals surface area contributed by atoms with Crippen LogP contribution in [-0.2, 0) is 9.59 Å². The zero-order valence-electron chi connectivity index (χ0n) is 20.4. The number of halogens is 1. The molecule has 0 radical (unpaired) electrons. The van der Waals surface area contributed by atoms with Crippen molar-refractivity contribution in [1.29, 1.82) is 0 Å². The Morgan fingerprint density at radius 2 is 1.88 bits per heavy atom. The van der Waals surface area contributed by atoms with E-state index >= 15 is 0 Å². The van der Waals surface area contributed by atoms with Crippen molar-refractivity contribution in [3.8, 4) is 11.5 Å². The Kier molecular flexibility index (Phi) is 7.89.